The molecule has 3 nitrogen and oxygen atoms in total. The maximum absolute atomic E-state index is 12.5. The quantitative estimate of drug-likeness (QED) is 0.462. The second-order valence-corrected chi connectivity index (χ2v) is 8.08. The summed E-state index contributed by atoms with van der Waals surface area (Å²) >= 11 is 1.46. The van der Waals surface area contributed by atoms with Crippen molar-refractivity contribution < 1.29 is 4.79 Å². The molecular formula is C24H22N2OS. The number of aryl methyl sites for hydroxylation is 3. The summed E-state index contributed by atoms with van der Waals surface area (Å²) in [7, 11) is 0. The lowest BCUT2D eigenvalue weighted by Gasteiger charge is -2.08. The molecule has 0 unspecified atom stereocenters. The van der Waals surface area contributed by atoms with E-state index in [4.69, 9.17) is 0 Å². The third kappa shape index (κ3) is 3.82. The van der Waals surface area contributed by atoms with Crippen molar-refractivity contribution in [1.29, 1.82) is 0 Å². The van der Waals surface area contributed by atoms with Crippen LogP contribution in [0.1, 0.15) is 22.3 Å². The zero-order valence-electron chi connectivity index (χ0n) is 16.2. The highest BCUT2D eigenvalue weighted by atomic mass is 32.1. The first-order chi connectivity index (χ1) is 13.5. The van der Waals surface area contributed by atoms with Crippen molar-refractivity contribution >= 4 is 33.1 Å². The van der Waals surface area contributed by atoms with Gasteiger partial charge in [0.25, 0.3) is 0 Å². The zero-order chi connectivity index (χ0) is 19.7. The lowest BCUT2D eigenvalue weighted by molar-refractivity contribution is -0.115. The van der Waals surface area contributed by atoms with E-state index >= 15 is 0 Å². The summed E-state index contributed by atoms with van der Waals surface area (Å²) in [6, 6.07) is 18.6. The van der Waals surface area contributed by atoms with Gasteiger partial charge in [0.2, 0.25) is 5.91 Å². The maximum Gasteiger partial charge on any atom is 0.230 e. The van der Waals surface area contributed by atoms with Crippen molar-refractivity contribution in [3.63, 3.8) is 0 Å². The van der Waals surface area contributed by atoms with Crippen molar-refractivity contribution in [3.8, 4) is 11.3 Å². The van der Waals surface area contributed by atoms with E-state index in [1.54, 1.807) is 0 Å². The van der Waals surface area contributed by atoms with Gasteiger partial charge in [-0.05, 0) is 48.2 Å². The molecule has 1 heterocycles. The fraction of sp³-hybridized carbons (Fsp3) is 0.167. The molecule has 0 atom stereocenters. The molecule has 1 N–H and O–H groups in total. The van der Waals surface area contributed by atoms with Crippen LogP contribution in [0.5, 0.6) is 0 Å². The fourth-order valence-electron chi connectivity index (χ4n) is 3.73. The summed E-state index contributed by atoms with van der Waals surface area (Å²) < 4.78 is 0. The number of rotatable bonds is 4. The largest absolute Gasteiger partial charge is 0.302 e. The van der Waals surface area contributed by atoms with E-state index in [-0.39, 0.29) is 5.91 Å². The number of nitrogens with one attached hydrogen (secondary N) is 1. The Labute approximate surface area is 169 Å². The minimum Gasteiger partial charge on any atom is -0.302 e. The van der Waals surface area contributed by atoms with Gasteiger partial charge in [0.15, 0.2) is 5.13 Å². The average molecular weight is 387 g/mol. The van der Waals surface area contributed by atoms with Gasteiger partial charge in [-0.25, -0.2) is 4.98 Å². The van der Waals surface area contributed by atoms with Crippen molar-refractivity contribution in [1.82, 2.24) is 4.98 Å². The molecule has 1 amide bonds. The van der Waals surface area contributed by atoms with Crippen LogP contribution in [0.4, 0.5) is 5.13 Å². The average Bonchev–Trinajstić information content (AvgIpc) is 3.08. The molecule has 4 aromatic rings. The van der Waals surface area contributed by atoms with Crippen LogP contribution in [-0.4, -0.2) is 10.9 Å². The molecule has 0 aliphatic carbocycles. The van der Waals surface area contributed by atoms with Crippen LogP contribution in [0, 0.1) is 20.8 Å². The molecule has 0 aliphatic heterocycles. The summed E-state index contributed by atoms with van der Waals surface area (Å²) in [5, 5.41) is 7.93. The van der Waals surface area contributed by atoms with Gasteiger partial charge in [-0.15, -0.1) is 11.3 Å². The number of aromatic nitrogens is 1. The summed E-state index contributed by atoms with van der Waals surface area (Å²) in [6.07, 6.45) is 0.336. The van der Waals surface area contributed by atoms with Crippen molar-refractivity contribution in [2.75, 3.05) is 5.32 Å². The minimum atomic E-state index is -0.0477. The van der Waals surface area contributed by atoms with Crippen LogP contribution in [0.3, 0.4) is 0 Å². The number of carbonyl (C=O) groups excluding carboxylic acids is 1. The van der Waals surface area contributed by atoms with E-state index in [9.17, 15) is 4.79 Å². The molecule has 0 saturated heterocycles. The Morgan fingerprint density at radius 2 is 1.68 bits per heavy atom. The van der Waals surface area contributed by atoms with Crippen molar-refractivity contribution in [2.45, 2.75) is 27.2 Å². The molecule has 4 rings (SSSR count). The third-order valence-corrected chi connectivity index (χ3v) is 5.62. The molecule has 0 saturated carbocycles. The van der Waals surface area contributed by atoms with Crippen molar-refractivity contribution in [2.24, 2.45) is 0 Å². The van der Waals surface area contributed by atoms with E-state index < -0.39 is 0 Å². The first-order valence-electron chi connectivity index (χ1n) is 9.31. The highest BCUT2D eigenvalue weighted by molar-refractivity contribution is 7.14. The Morgan fingerprint density at radius 1 is 0.964 bits per heavy atom. The Kier molecular flexibility index (Phi) is 4.97. The highest BCUT2D eigenvalue weighted by Gasteiger charge is 2.13. The van der Waals surface area contributed by atoms with Gasteiger partial charge in [0.05, 0.1) is 12.1 Å². The van der Waals surface area contributed by atoms with Gasteiger partial charge in [-0.1, -0.05) is 60.2 Å². The molecule has 1 aromatic heterocycles. The third-order valence-electron chi connectivity index (χ3n) is 4.86. The Balaban J connectivity index is 1.50. The Bertz CT molecular complexity index is 1150. The van der Waals surface area contributed by atoms with Gasteiger partial charge in [-0.3, -0.25) is 4.79 Å². The number of hydrogen-bond acceptors (Lipinski definition) is 3. The summed E-state index contributed by atoms with van der Waals surface area (Å²) in [6.45, 7) is 6.31. The monoisotopic (exact) mass is 386 g/mol. The number of anilines is 1. The van der Waals surface area contributed by atoms with E-state index in [1.165, 1.54) is 33.4 Å². The summed E-state index contributed by atoms with van der Waals surface area (Å²) in [4.78, 5) is 17.1. The number of nitrogens with zero attached hydrogens (tertiary/aromatic N) is 1. The van der Waals surface area contributed by atoms with Crippen LogP contribution in [0.2, 0.25) is 0 Å². The lowest BCUT2D eigenvalue weighted by Crippen LogP contribution is -2.14. The molecule has 0 aliphatic rings. The van der Waals surface area contributed by atoms with Gasteiger partial charge >= 0.3 is 0 Å². The van der Waals surface area contributed by atoms with Crippen LogP contribution >= 0.6 is 11.3 Å². The number of amides is 1. The predicted molar refractivity (Wildman–Crippen MR) is 118 cm³/mol. The maximum atomic E-state index is 12.5. The number of thiazole rings is 1. The zero-order valence-corrected chi connectivity index (χ0v) is 17.1. The smallest absolute Gasteiger partial charge is 0.230 e. The first kappa shape index (κ1) is 18.4. The van der Waals surface area contributed by atoms with Crippen molar-refractivity contribution in [3.05, 3.63) is 82.2 Å². The van der Waals surface area contributed by atoms with E-state index in [0.29, 0.717) is 11.6 Å². The Morgan fingerprint density at radius 3 is 2.43 bits per heavy atom. The molecule has 0 radical (unpaired) electrons. The van der Waals surface area contributed by atoms with Crippen LogP contribution in [-0.2, 0) is 11.2 Å². The molecule has 0 bridgehead atoms. The van der Waals surface area contributed by atoms with Gasteiger partial charge in [-0.2, -0.15) is 0 Å². The molecule has 0 fully saturated rings. The van der Waals surface area contributed by atoms with Crippen LogP contribution < -0.4 is 5.32 Å². The molecular weight excluding hydrogens is 364 g/mol. The topological polar surface area (TPSA) is 42.0 Å². The molecule has 3 aromatic carbocycles. The summed E-state index contributed by atoms with van der Waals surface area (Å²) in [5.41, 5.74) is 6.72. The standard InChI is InChI=1S/C24H22N2OS/c1-15-10-16(2)23(17(3)11-15)21-14-28-24(25-21)26-22(27)13-18-8-9-19-6-4-5-7-20(19)12-18/h4-12,14H,13H2,1-3H3,(H,25,26,27). The number of carbonyl (C=O) groups is 1. The normalized spacial score (nSPS) is 11.0. The summed E-state index contributed by atoms with van der Waals surface area (Å²) in [5.74, 6) is -0.0477. The van der Waals surface area contributed by atoms with E-state index in [1.807, 2.05) is 23.6 Å². The SMILES string of the molecule is Cc1cc(C)c(-c2csc(NC(=O)Cc3ccc4ccccc4c3)n2)c(C)c1. The van der Waals surface area contributed by atoms with Gasteiger partial charge in [0.1, 0.15) is 0 Å². The molecule has 140 valence electrons. The lowest BCUT2D eigenvalue weighted by atomic mass is 9.98. The number of fused-ring (bicyclic) bond motifs is 1. The van der Waals surface area contributed by atoms with Gasteiger partial charge in [0, 0.05) is 10.9 Å². The number of benzene rings is 3. The fourth-order valence-corrected chi connectivity index (χ4v) is 4.45. The number of hydrogen-bond donors (Lipinski definition) is 1. The second kappa shape index (κ2) is 7.56. The molecule has 4 heteroatoms. The van der Waals surface area contributed by atoms with E-state index in [2.05, 4.69) is 67.5 Å². The van der Waals surface area contributed by atoms with Crippen LogP contribution in [0.25, 0.3) is 22.0 Å². The Hall–Kier alpha value is -2.98. The van der Waals surface area contributed by atoms with Crippen LogP contribution in [0.15, 0.2) is 60.0 Å². The predicted octanol–water partition coefficient (Wildman–Crippen LogP) is 6.07. The van der Waals surface area contributed by atoms with E-state index in [0.717, 1.165) is 22.2 Å². The molecule has 28 heavy (non-hydrogen) atoms. The highest BCUT2D eigenvalue weighted by Crippen LogP contribution is 2.31. The van der Waals surface area contributed by atoms with Gasteiger partial charge < -0.3 is 5.32 Å². The minimum absolute atomic E-state index is 0.0477. The first-order valence-corrected chi connectivity index (χ1v) is 10.2. The second-order valence-electron chi connectivity index (χ2n) is 7.22. The molecule has 0 spiro atoms.